The maximum Gasteiger partial charge on any atom is 0.315 e. The summed E-state index contributed by atoms with van der Waals surface area (Å²) in [7, 11) is 3.22. The summed E-state index contributed by atoms with van der Waals surface area (Å²) in [5.74, 6) is 1.09. The smallest absolute Gasteiger partial charge is 0.315 e. The third kappa shape index (κ3) is 5.67. The highest BCUT2D eigenvalue weighted by atomic mass is 19.1. The van der Waals surface area contributed by atoms with Crippen LogP contribution < -0.4 is 20.1 Å². The van der Waals surface area contributed by atoms with Gasteiger partial charge in [0.25, 0.3) is 0 Å². The summed E-state index contributed by atoms with van der Waals surface area (Å²) in [6.45, 7) is 7.38. The van der Waals surface area contributed by atoms with Crippen LogP contribution in [-0.4, -0.2) is 43.8 Å². The van der Waals surface area contributed by atoms with Crippen LogP contribution in [0.3, 0.4) is 0 Å². The van der Waals surface area contributed by atoms with Crippen LogP contribution in [0.4, 0.5) is 9.18 Å². The molecule has 0 fully saturated rings. The minimum absolute atomic E-state index is 0.131. The van der Waals surface area contributed by atoms with E-state index in [0.717, 1.165) is 24.1 Å². The van der Waals surface area contributed by atoms with Crippen LogP contribution in [0.5, 0.6) is 11.5 Å². The predicted molar refractivity (Wildman–Crippen MR) is 119 cm³/mol. The van der Waals surface area contributed by atoms with Gasteiger partial charge in [-0.25, -0.2) is 9.18 Å². The van der Waals surface area contributed by atoms with Crippen molar-refractivity contribution in [2.75, 3.05) is 27.3 Å². The molecule has 0 bridgehead atoms. The number of amides is 2. The van der Waals surface area contributed by atoms with Gasteiger partial charge >= 0.3 is 6.03 Å². The Balaban J connectivity index is 1.90. The molecular formula is C24H32FN3O3. The van der Waals surface area contributed by atoms with Crippen molar-refractivity contribution in [1.82, 2.24) is 15.5 Å². The maximum absolute atomic E-state index is 14.3. The predicted octanol–water partition coefficient (Wildman–Crippen LogP) is 4.04. The van der Waals surface area contributed by atoms with E-state index in [2.05, 4.69) is 15.5 Å². The number of carbonyl (C=O) groups excluding carboxylic acids is 1. The van der Waals surface area contributed by atoms with Gasteiger partial charge in [0.15, 0.2) is 11.5 Å². The number of carbonyl (C=O) groups is 1. The number of hydrogen-bond donors (Lipinski definition) is 2. The van der Waals surface area contributed by atoms with Crippen LogP contribution in [0.2, 0.25) is 0 Å². The maximum atomic E-state index is 14.3. The molecule has 0 saturated carbocycles. The average molecular weight is 430 g/mol. The number of fused-ring (bicyclic) bond motifs is 1. The monoisotopic (exact) mass is 429 g/mol. The number of benzene rings is 2. The highest BCUT2D eigenvalue weighted by molar-refractivity contribution is 5.74. The molecule has 0 spiro atoms. The lowest BCUT2D eigenvalue weighted by atomic mass is 9.91. The largest absolute Gasteiger partial charge is 0.493 e. The Bertz CT molecular complexity index is 927. The van der Waals surface area contributed by atoms with Gasteiger partial charge < -0.3 is 20.1 Å². The highest BCUT2D eigenvalue weighted by Crippen LogP contribution is 2.38. The molecule has 7 heteroatoms. The van der Waals surface area contributed by atoms with Crippen molar-refractivity contribution in [2.24, 2.45) is 0 Å². The van der Waals surface area contributed by atoms with E-state index in [4.69, 9.17) is 9.47 Å². The Labute approximate surface area is 183 Å². The summed E-state index contributed by atoms with van der Waals surface area (Å²) in [6, 6.07) is 10.4. The Morgan fingerprint density at radius 3 is 2.48 bits per heavy atom. The number of rotatable bonds is 6. The lowest BCUT2D eigenvalue weighted by Gasteiger charge is -2.38. The molecule has 31 heavy (non-hydrogen) atoms. The molecule has 1 aliphatic rings. The molecule has 1 aliphatic heterocycles. The van der Waals surface area contributed by atoms with Crippen molar-refractivity contribution in [3.8, 4) is 11.5 Å². The van der Waals surface area contributed by atoms with Crippen molar-refractivity contribution in [1.29, 1.82) is 0 Å². The summed E-state index contributed by atoms with van der Waals surface area (Å²) >= 11 is 0. The highest BCUT2D eigenvalue weighted by Gasteiger charge is 2.30. The van der Waals surface area contributed by atoms with Crippen molar-refractivity contribution < 1.29 is 18.7 Å². The van der Waals surface area contributed by atoms with Crippen LogP contribution in [0.15, 0.2) is 36.4 Å². The molecule has 3 rings (SSSR count). The first-order valence-electron chi connectivity index (χ1n) is 10.5. The van der Waals surface area contributed by atoms with Gasteiger partial charge in [-0.1, -0.05) is 18.2 Å². The molecule has 2 aromatic rings. The van der Waals surface area contributed by atoms with E-state index in [0.29, 0.717) is 30.2 Å². The number of hydrogen-bond acceptors (Lipinski definition) is 4. The molecule has 2 aromatic carbocycles. The Morgan fingerprint density at radius 1 is 1.16 bits per heavy atom. The molecule has 6 nitrogen and oxygen atoms in total. The SMILES string of the molecule is COc1cc2c(cc1OC)[C@@H](CNC(=O)NC(C)(C)C)N(Cc1ccccc1F)CC2. The van der Waals surface area contributed by atoms with E-state index in [9.17, 15) is 9.18 Å². The molecule has 2 N–H and O–H groups in total. The molecule has 0 aliphatic carbocycles. The van der Waals surface area contributed by atoms with Gasteiger partial charge in [0.2, 0.25) is 0 Å². The van der Waals surface area contributed by atoms with E-state index < -0.39 is 0 Å². The van der Waals surface area contributed by atoms with Gasteiger partial charge in [0.1, 0.15) is 5.82 Å². The number of methoxy groups -OCH3 is 2. The zero-order chi connectivity index (χ0) is 22.6. The molecule has 168 valence electrons. The lowest BCUT2D eigenvalue weighted by molar-refractivity contribution is 0.168. The van der Waals surface area contributed by atoms with Crippen molar-refractivity contribution in [3.63, 3.8) is 0 Å². The summed E-state index contributed by atoms with van der Waals surface area (Å²) in [5.41, 5.74) is 2.50. The number of ether oxygens (including phenoxy) is 2. The third-order valence-electron chi connectivity index (χ3n) is 5.39. The first-order chi connectivity index (χ1) is 14.7. The number of urea groups is 1. The van der Waals surface area contributed by atoms with Gasteiger partial charge in [-0.3, -0.25) is 4.90 Å². The lowest BCUT2D eigenvalue weighted by Crippen LogP contribution is -2.49. The molecule has 0 unspecified atom stereocenters. The van der Waals surface area contributed by atoms with E-state index in [-0.39, 0.29) is 23.4 Å². The van der Waals surface area contributed by atoms with Crippen molar-refractivity contribution in [3.05, 3.63) is 58.9 Å². The molecule has 0 saturated heterocycles. The summed E-state index contributed by atoms with van der Waals surface area (Å²) in [6.07, 6.45) is 0.800. The summed E-state index contributed by atoms with van der Waals surface area (Å²) in [4.78, 5) is 14.6. The first-order valence-corrected chi connectivity index (χ1v) is 10.5. The minimum atomic E-state index is -0.335. The second-order valence-corrected chi connectivity index (χ2v) is 8.82. The van der Waals surface area contributed by atoms with Gasteiger partial charge in [-0.2, -0.15) is 0 Å². The fourth-order valence-electron chi connectivity index (χ4n) is 3.93. The number of nitrogens with zero attached hydrogens (tertiary/aromatic N) is 1. The van der Waals surface area contributed by atoms with Crippen molar-refractivity contribution in [2.45, 2.75) is 45.3 Å². The third-order valence-corrected chi connectivity index (χ3v) is 5.39. The topological polar surface area (TPSA) is 62.8 Å². The van der Waals surface area contributed by atoms with Gasteiger partial charge in [-0.15, -0.1) is 0 Å². The molecule has 1 heterocycles. The van der Waals surface area contributed by atoms with Crippen LogP contribution in [0.1, 0.15) is 43.5 Å². The van der Waals surface area contributed by atoms with Crippen LogP contribution in [-0.2, 0) is 13.0 Å². The standard InChI is InChI=1S/C24H32FN3O3/c1-24(2,3)27-23(29)26-14-20-18-13-22(31-5)21(30-4)12-16(18)10-11-28(20)15-17-8-6-7-9-19(17)25/h6-9,12-13,20H,10-11,14-15H2,1-5H3,(H2,26,27,29)/t20-/m1/s1. The fraction of sp³-hybridized carbons (Fsp3) is 0.458. The molecule has 1 atom stereocenters. The number of halogens is 1. The second kappa shape index (κ2) is 9.56. The Hall–Kier alpha value is -2.80. The van der Waals surface area contributed by atoms with Crippen molar-refractivity contribution >= 4 is 6.03 Å². The molecule has 0 aromatic heterocycles. The normalized spacial score (nSPS) is 16.4. The van der Waals surface area contributed by atoms with Gasteiger partial charge in [0, 0.05) is 30.7 Å². The number of nitrogens with one attached hydrogen (secondary N) is 2. The van der Waals surface area contributed by atoms with Crippen LogP contribution in [0, 0.1) is 5.82 Å². The van der Waals surface area contributed by atoms with Crippen LogP contribution in [0.25, 0.3) is 0 Å². The summed E-state index contributed by atoms with van der Waals surface area (Å²) in [5, 5.41) is 5.91. The minimum Gasteiger partial charge on any atom is -0.493 e. The molecular weight excluding hydrogens is 397 g/mol. The quantitative estimate of drug-likeness (QED) is 0.728. The fourth-order valence-corrected chi connectivity index (χ4v) is 3.93. The average Bonchev–Trinajstić information content (AvgIpc) is 2.72. The zero-order valence-electron chi connectivity index (χ0n) is 18.9. The van der Waals surface area contributed by atoms with Crippen LogP contribution >= 0.6 is 0 Å². The van der Waals surface area contributed by atoms with E-state index >= 15 is 0 Å². The van der Waals surface area contributed by atoms with Gasteiger partial charge in [-0.05, 0) is 56.5 Å². The second-order valence-electron chi connectivity index (χ2n) is 8.82. The zero-order valence-corrected chi connectivity index (χ0v) is 18.9. The Morgan fingerprint density at radius 2 is 1.84 bits per heavy atom. The Kier molecular flexibility index (Phi) is 7.05. The van der Waals surface area contributed by atoms with E-state index in [1.165, 1.54) is 6.07 Å². The molecule has 0 radical (unpaired) electrons. The van der Waals surface area contributed by atoms with E-state index in [1.807, 2.05) is 39.0 Å². The van der Waals surface area contributed by atoms with Gasteiger partial charge in [0.05, 0.1) is 20.3 Å². The first kappa shape index (κ1) is 22.9. The molecule has 2 amide bonds. The van der Waals surface area contributed by atoms with E-state index in [1.54, 1.807) is 26.4 Å². The summed E-state index contributed by atoms with van der Waals surface area (Å²) < 4.78 is 25.3.